The van der Waals surface area contributed by atoms with Gasteiger partial charge >= 0.3 is 0 Å². The molecule has 1 aromatic heterocycles. The monoisotopic (exact) mass is 264 g/mol. The number of aromatic nitrogens is 1. The van der Waals surface area contributed by atoms with E-state index >= 15 is 0 Å². The van der Waals surface area contributed by atoms with Gasteiger partial charge in [-0.15, -0.1) is 0 Å². The molecule has 0 bridgehead atoms. The molecule has 0 fully saturated rings. The first-order valence-corrected chi connectivity index (χ1v) is 6.76. The number of fused-ring (bicyclic) bond motifs is 1. The minimum absolute atomic E-state index is 0.0133. The second kappa shape index (κ2) is 6.02. The molecular formula is C14H20N2O3. The fourth-order valence-electron chi connectivity index (χ4n) is 2.27. The molecule has 1 amide bonds. The molecule has 0 spiro atoms. The second-order valence-electron chi connectivity index (χ2n) is 5.22. The molecule has 0 aromatic carbocycles. The van der Waals surface area contributed by atoms with E-state index in [1.165, 1.54) is 0 Å². The minimum atomic E-state index is -0.366. The lowest BCUT2D eigenvalue weighted by molar-refractivity contribution is 0.0940. The maximum Gasteiger partial charge on any atom is 0.261 e. The number of rotatable bonds is 4. The van der Waals surface area contributed by atoms with Crippen LogP contribution in [-0.2, 0) is 12.8 Å². The van der Waals surface area contributed by atoms with E-state index in [0.717, 1.165) is 36.9 Å². The fraction of sp³-hybridized carbons (Fsp3) is 0.571. The smallest absolute Gasteiger partial charge is 0.261 e. The maximum absolute atomic E-state index is 12.0. The van der Waals surface area contributed by atoms with Crippen molar-refractivity contribution in [3.63, 3.8) is 0 Å². The molecule has 19 heavy (non-hydrogen) atoms. The summed E-state index contributed by atoms with van der Waals surface area (Å²) >= 11 is 0. The van der Waals surface area contributed by atoms with Crippen LogP contribution < -0.4 is 10.9 Å². The van der Waals surface area contributed by atoms with Crippen LogP contribution in [0.1, 0.15) is 41.4 Å². The summed E-state index contributed by atoms with van der Waals surface area (Å²) < 4.78 is 0. The Kier molecular flexibility index (Phi) is 4.37. The van der Waals surface area contributed by atoms with E-state index in [1.54, 1.807) is 6.07 Å². The summed E-state index contributed by atoms with van der Waals surface area (Å²) in [6.07, 6.45) is 3.98. The molecule has 2 rings (SSSR count). The van der Waals surface area contributed by atoms with Crippen LogP contribution in [0.15, 0.2) is 10.9 Å². The van der Waals surface area contributed by atoms with E-state index < -0.39 is 0 Å². The highest BCUT2D eigenvalue weighted by molar-refractivity contribution is 5.94. The number of carbonyl (C=O) groups excluding carboxylic acids is 1. The van der Waals surface area contributed by atoms with Crippen LogP contribution in [0, 0.1) is 5.92 Å². The van der Waals surface area contributed by atoms with Gasteiger partial charge in [0.05, 0.1) is 0 Å². The van der Waals surface area contributed by atoms with Crippen molar-refractivity contribution in [2.75, 3.05) is 13.2 Å². The van der Waals surface area contributed by atoms with Gasteiger partial charge < -0.3 is 15.4 Å². The number of pyridine rings is 1. The Morgan fingerprint density at radius 3 is 2.95 bits per heavy atom. The Balaban J connectivity index is 2.15. The van der Waals surface area contributed by atoms with Gasteiger partial charge in [0, 0.05) is 18.8 Å². The van der Waals surface area contributed by atoms with Crippen LogP contribution >= 0.6 is 0 Å². The topological polar surface area (TPSA) is 82.2 Å². The fourth-order valence-corrected chi connectivity index (χ4v) is 2.27. The number of aryl methyl sites for hydroxylation is 2. The zero-order valence-corrected chi connectivity index (χ0v) is 11.2. The quantitative estimate of drug-likeness (QED) is 0.745. The second-order valence-corrected chi connectivity index (χ2v) is 5.22. The third-order valence-electron chi connectivity index (χ3n) is 3.51. The highest BCUT2D eigenvalue weighted by atomic mass is 16.3. The van der Waals surface area contributed by atoms with Crippen molar-refractivity contribution >= 4 is 5.91 Å². The molecule has 1 unspecified atom stereocenters. The van der Waals surface area contributed by atoms with Crippen molar-refractivity contribution in [1.29, 1.82) is 0 Å². The molecular weight excluding hydrogens is 244 g/mol. The summed E-state index contributed by atoms with van der Waals surface area (Å²) in [5, 5.41) is 11.6. The lowest BCUT2D eigenvalue weighted by atomic mass is 9.95. The Morgan fingerprint density at radius 1 is 1.47 bits per heavy atom. The van der Waals surface area contributed by atoms with Crippen LogP contribution in [0.25, 0.3) is 0 Å². The molecule has 1 aliphatic rings. The number of aliphatic hydroxyl groups is 1. The third kappa shape index (κ3) is 3.23. The Hall–Kier alpha value is -1.62. The number of hydrogen-bond donors (Lipinski definition) is 3. The molecule has 0 radical (unpaired) electrons. The zero-order chi connectivity index (χ0) is 13.8. The molecule has 1 heterocycles. The SMILES string of the molecule is CC(CO)CNC(=O)c1cc2c([nH]c1=O)CCCC2. The minimum Gasteiger partial charge on any atom is -0.396 e. The number of hydrogen-bond acceptors (Lipinski definition) is 3. The van der Waals surface area contributed by atoms with Gasteiger partial charge in [0.1, 0.15) is 5.56 Å². The average Bonchev–Trinajstić information content (AvgIpc) is 2.43. The van der Waals surface area contributed by atoms with E-state index in [1.807, 2.05) is 6.92 Å². The first-order valence-electron chi connectivity index (χ1n) is 6.76. The lowest BCUT2D eigenvalue weighted by Gasteiger charge is -2.16. The van der Waals surface area contributed by atoms with E-state index in [4.69, 9.17) is 5.11 Å². The Morgan fingerprint density at radius 2 is 2.21 bits per heavy atom. The van der Waals surface area contributed by atoms with Crippen molar-refractivity contribution in [1.82, 2.24) is 10.3 Å². The highest BCUT2D eigenvalue weighted by Gasteiger charge is 2.17. The van der Waals surface area contributed by atoms with Crippen LogP contribution in [-0.4, -0.2) is 29.1 Å². The van der Waals surface area contributed by atoms with Crippen molar-refractivity contribution in [2.24, 2.45) is 5.92 Å². The molecule has 1 aliphatic carbocycles. The van der Waals surface area contributed by atoms with Gasteiger partial charge in [0.15, 0.2) is 0 Å². The van der Waals surface area contributed by atoms with Crippen molar-refractivity contribution in [3.8, 4) is 0 Å². The van der Waals surface area contributed by atoms with E-state index in [-0.39, 0.29) is 29.6 Å². The molecule has 0 saturated heterocycles. The van der Waals surface area contributed by atoms with Gasteiger partial charge in [-0.3, -0.25) is 9.59 Å². The van der Waals surface area contributed by atoms with Crippen molar-refractivity contribution in [3.05, 3.63) is 33.2 Å². The first-order chi connectivity index (χ1) is 9.11. The van der Waals surface area contributed by atoms with Gasteiger partial charge in [0.25, 0.3) is 11.5 Å². The number of aromatic amines is 1. The number of aliphatic hydroxyl groups excluding tert-OH is 1. The van der Waals surface area contributed by atoms with E-state index in [2.05, 4.69) is 10.3 Å². The predicted molar refractivity (Wildman–Crippen MR) is 72.3 cm³/mol. The molecule has 5 nitrogen and oxygen atoms in total. The van der Waals surface area contributed by atoms with Crippen LogP contribution in [0.2, 0.25) is 0 Å². The summed E-state index contributed by atoms with van der Waals surface area (Å²) in [4.78, 5) is 26.7. The van der Waals surface area contributed by atoms with Crippen molar-refractivity contribution in [2.45, 2.75) is 32.6 Å². The van der Waals surface area contributed by atoms with E-state index in [9.17, 15) is 9.59 Å². The van der Waals surface area contributed by atoms with Crippen LogP contribution in [0.5, 0.6) is 0 Å². The molecule has 104 valence electrons. The Labute approximate surface area is 112 Å². The predicted octanol–water partition coefficient (Wildman–Crippen LogP) is 0.612. The molecule has 3 N–H and O–H groups in total. The number of amides is 1. The highest BCUT2D eigenvalue weighted by Crippen LogP contribution is 2.18. The van der Waals surface area contributed by atoms with Gasteiger partial charge in [0.2, 0.25) is 0 Å². The zero-order valence-electron chi connectivity index (χ0n) is 11.2. The lowest BCUT2D eigenvalue weighted by Crippen LogP contribution is -2.34. The molecule has 1 aromatic rings. The summed E-state index contributed by atoms with van der Waals surface area (Å²) in [5.74, 6) is -0.379. The Bertz CT molecular complexity index is 522. The number of H-pyrrole nitrogens is 1. The third-order valence-corrected chi connectivity index (χ3v) is 3.51. The largest absolute Gasteiger partial charge is 0.396 e. The summed E-state index contributed by atoms with van der Waals surface area (Å²) in [6, 6.07) is 1.71. The van der Waals surface area contributed by atoms with Gasteiger partial charge in [-0.1, -0.05) is 6.92 Å². The average molecular weight is 264 g/mol. The standard InChI is InChI=1S/C14H20N2O3/c1-9(8-17)7-15-13(18)11-6-10-4-2-3-5-12(10)16-14(11)19/h6,9,17H,2-5,7-8H2,1H3,(H,15,18)(H,16,19). The molecule has 0 saturated carbocycles. The van der Waals surface area contributed by atoms with Crippen molar-refractivity contribution < 1.29 is 9.90 Å². The van der Waals surface area contributed by atoms with E-state index in [0.29, 0.717) is 6.54 Å². The normalized spacial score (nSPS) is 15.7. The number of carbonyl (C=O) groups is 1. The molecule has 1 atom stereocenters. The number of nitrogens with one attached hydrogen (secondary N) is 2. The molecule has 5 heteroatoms. The van der Waals surface area contributed by atoms with Crippen LogP contribution in [0.3, 0.4) is 0 Å². The first kappa shape index (κ1) is 13.8. The van der Waals surface area contributed by atoms with Gasteiger partial charge in [-0.2, -0.15) is 0 Å². The van der Waals surface area contributed by atoms with Gasteiger partial charge in [-0.05, 0) is 43.2 Å². The summed E-state index contributed by atoms with van der Waals surface area (Å²) in [6.45, 7) is 2.21. The van der Waals surface area contributed by atoms with Gasteiger partial charge in [-0.25, -0.2) is 0 Å². The summed E-state index contributed by atoms with van der Waals surface area (Å²) in [5.41, 5.74) is 1.89. The maximum atomic E-state index is 12.0. The summed E-state index contributed by atoms with van der Waals surface area (Å²) in [7, 11) is 0. The van der Waals surface area contributed by atoms with Crippen LogP contribution in [0.4, 0.5) is 0 Å². The molecule has 0 aliphatic heterocycles.